The number of carbonyl (C=O) groups excluding carboxylic acids is 2. The molecule has 4 rings (SSSR count). The minimum atomic E-state index is -0.391. The Kier molecular flexibility index (Phi) is 6.31. The first-order valence-corrected chi connectivity index (χ1v) is 10.4. The number of pyridine rings is 1. The molecule has 3 aromatic rings. The van der Waals surface area contributed by atoms with E-state index in [4.69, 9.17) is 9.47 Å². The molecule has 0 fully saturated rings. The van der Waals surface area contributed by atoms with Crippen molar-refractivity contribution in [3.05, 3.63) is 89.3 Å². The number of nitrogens with one attached hydrogen (secondary N) is 1. The number of fused-ring (bicyclic) bond motifs is 1. The smallest absolute Gasteiger partial charge is 0.338 e. The number of carbonyl (C=O) groups is 2. The summed E-state index contributed by atoms with van der Waals surface area (Å²) >= 11 is 0. The van der Waals surface area contributed by atoms with Crippen molar-refractivity contribution < 1.29 is 19.1 Å². The lowest BCUT2D eigenvalue weighted by atomic mass is 9.94. The van der Waals surface area contributed by atoms with Gasteiger partial charge in [0.15, 0.2) is 0 Å². The molecule has 1 amide bonds. The molecule has 0 spiro atoms. The lowest BCUT2D eigenvalue weighted by Crippen LogP contribution is -2.33. The van der Waals surface area contributed by atoms with Gasteiger partial charge in [0.25, 0.3) is 0 Å². The highest BCUT2D eigenvalue weighted by Gasteiger charge is 2.28. The van der Waals surface area contributed by atoms with Crippen LogP contribution >= 0.6 is 0 Å². The summed E-state index contributed by atoms with van der Waals surface area (Å²) in [6, 6.07) is 17.0. The van der Waals surface area contributed by atoms with Gasteiger partial charge in [-0.15, -0.1) is 0 Å². The second kappa shape index (κ2) is 9.47. The number of rotatable bonds is 6. The van der Waals surface area contributed by atoms with Gasteiger partial charge in [0.2, 0.25) is 5.91 Å². The summed E-state index contributed by atoms with van der Waals surface area (Å²) in [7, 11) is 1.37. The van der Waals surface area contributed by atoms with E-state index in [0.29, 0.717) is 18.5 Å². The van der Waals surface area contributed by atoms with E-state index < -0.39 is 5.97 Å². The first-order chi connectivity index (χ1) is 15.5. The number of benzene rings is 2. The Morgan fingerprint density at radius 3 is 2.75 bits per heavy atom. The van der Waals surface area contributed by atoms with Crippen LogP contribution < -0.4 is 10.1 Å². The Morgan fingerprint density at radius 2 is 1.97 bits per heavy atom. The van der Waals surface area contributed by atoms with Crippen molar-refractivity contribution in [1.82, 2.24) is 10.3 Å². The van der Waals surface area contributed by atoms with E-state index in [1.54, 1.807) is 18.3 Å². The molecule has 1 atom stereocenters. The summed E-state index contributed by atoms with van der Waals surface area (Å²) in [4.78, 5) is 28.6. The van der Waals surface area contributed by atoms with Gasteiger partial charge in [0.1, 0.15) is 11.9 Å². The Balaban J connectivity index is 1.49. The summed E-state index contributed by atoms with van der Waals surface area (Å²) < 4.78 is 11.2. The summed E-state index contributed by atoms with van der Waals surface area (Å²) in [5, 5.41) is 2.89. The lowest BCUT2D eigenvalue weighted by molar-refractivity contribution is -0.116. The van der Waals surface area contributed by atoms with Crippen molar-refractivity contribution in [1.29, 1.82) is 0 Å². The molecule has 0 unspecified atom stereocenters. The van der Waals surface area contributed by atoms with Crippen molar-refractivity contribution in [2.75, 3.05) is 13.7 Å². The molecular weight excluding hydrogens is 404 g/mol. The van der Waals surface area contributed by atoms with Crippen LogP contribution in [0.15, 0.2) is 66.9 Å². The van der Waals surface area contributed by atoms with E-state index in [1.165, 1.54) is 13.2 Å². The molecule has 2 aromatic carbocycles. The van der Waals surface area contributed by atoms with E-state index in [0.717, 1.165) is 33.7 Å². The minimum absolute atomic E-state index is 0.192. The molecule has 1 N–H and O–H groups in total. The molecule has 1 aromatic heterocycles. The molecule has 0 radical (unpaired) electrons. The zero-order valence-electron chi connectivity index (χ0n) is 18.0. The third kappa shape index (κ3) is 4.70. The number of hydrogen-bond donors (Lipinski definition) is 1. The fraction of sp³-hybridized carbons (Fsp3) is 0.192. The highest BCUT2D eigenvalue weighted by Crippen LogP contribution is 2.41. The van der Waals surface area contributed by atoms with Crippen LogP contribution in [0.1, 0.15) is 27.2 Å². The number of hydrogen-bond acceptors (Lipinski definition) is 5. The number of ether oxygens (including phenoxy) is 2. The van der Waals surface area contributed by atoms with E-state index in [-0.39, 0.29) is 12.0 Å². The van der Waals surface area contributed by atoms with Gasteiger partial charge in [-0.1, -0.05) is 30.3 Å². The molecule has 0 saturated carbocycles. The van der Waals surface area contributed by atoms with Crippen molar-refractivity contribution in [3.8, 4) is 16.9 Å². The van der Waals surface area contributed by atoms with Gasteiger partial charge in [-0.25, -0.2) is 4.79 Å². The highest BCUT2D eigenvalue weighted by molar-refractivity contribution is 5.98. The van der Waals surface area contributed by atoms with Crippen LogP contribution in [0, 0.1) is 6.92 Å². The van der Waals surface area contributed by atoms with Gasteiger partial charge in [-0.05, 0) is 54.0 Å². The quantitative estimate of drug-likeness (QED) is 0.475. The summed E-state index contributed by atoms with van der Waals surface area (Å²) in [5.74, 6) is 0.148. The van der Waals surface area contributed by atoms with Gasteiger partial charge < -0.3 is 14.8 Å². The molecule has 0 bridgehead atoms. The molecule has 6 nitrogen and oxygen atoms in total. The maximum absolute atomic E-state index is 12.3. The normalized spacial score (nSPS) is 14.6. The molecule has 2 heterocycles. The average Bonchev–Trinajstić information content (AvgIpc) is 3.23. The minimum Gasteiger partial charge on any atom is -0.487 e. The topological polar surface area (TPSA) is 77.5 Å². The largest absolute Gasteiger partial charge is 0.487 e. The summed E-state index contributed by atoms with van der Waals surface area (Å²) in [6.45, 7) is 2.39. The van der Waals surface area contributed by atoms with Crippen LogP contribution in [0.3, 0.4) is 0 Å². The van der Waals surface area contributed by atoms with Gasteiger partial charge >= 0.3 is 5.97 Å². The Hall–Kier alpha value is -3.93. The third-order valence-corrected chi connectivity index (χ3v) is 5.26. The lowest BCUT2D eigenvalue weighted by Gasteiger charge is -2.15. The third-order valence-electron chi connectivity index (χ3n) is 5.26. The molecule has 1 aliphatic rings. The van der Waals surface area contributed by atoms with Crippen molar-refractivity contribution >= 4 is 18.0 Å². The van der Waals surface area contributed by atoms with Crippen LogP contribution in [-0.4, -0.2) is 36.6 Å². The Bertz CT molecular complexity index is 1170. The van der Waals surface area contributed by atoms with Crippen LogP contribution in [0.2, 0.25) is 0 Å². The van der Waals surface area contributed by atoms with Gasteiger partial charge in [0.05, 0.1) is 24.9 Å². The van der Waals surface area contributed by atoms with Gasteiger partial charge in [-0.3, -0.25) is 9.78 Å². The SMILES string of the molecule is COC(=O)c1ccccc1-c1cc(C)cc2c1O[C@H](CNC(=O)/C=C/c1ccccn1)C2. The Labute approximate surface area is 186 Å². The predicted octanol–water partition coefficient (Wildman–Crippen LogP) is 3.98. The van der Waals surface area contributed by atoms with Crippen LogP contribution in [0.5, 0.6) is 5.75 Å². The van der Waals surface area contributed by atoms with E-state index in [9.17, 15) is 9.59 Å². The Morgan fingerprint density at radius 1 is 1.16 bits per heavy atom. The van der Waals surface area contributed by atoms with Crippen molar-refractivity contribution in [2.45, 2.75) is 19.4 Å². The number of esters is 1. The van der Waals surface area contributed by atoms with Crippen molar-refractivity contribution in [2.24, 2.45) is 0 Å². The second-order valence-electron chi connectivity index (χ2n) is 7.61. The molecular formula is C26H24N2O4. The zero-order chi connectivity index (χ0) is 22.5. The fourth-order valence-electron chi connectivity index (χ4n) is 3.82. The standard InChI is InChI=1S/C26H24N2O4/c1-17-13-18-15-20(16-28-24(29)11-10-19-7-5-6-12-27-19)32-25(18)23(14-17)21-8-3-4-9-22(21)26(30)31-2/h3-14,20H,15-16H2,1-2H3,(H,28,29)/b11-10+/t20-/m0/s1. The van der Waals surface area contributed by atoms with E-state index in [1.807, 2.05) is 49.4 Å². The van der Waals surface area contributed by atoms with E-state index >= 15 is 0 Å². The maximum Gasteiger partial charge on any atom is 0.338 e. The molecule has 162 valence electrons. The molecule has 1 aliphatic heterocycles. The number of methoxy groups -OCH3 is 1. The highest BCUT2D eigenvalue weighted by atomic mass is 16.5. The molecule has 32 heavy (non-hydrogen) atoms. The first kappa shape index (κ1) is 21.3. The second-order valence-corrected chi connectivity index (χ2v) is 7.61. The van der Waals surface area contributed by atoms with Crippen LogP contribution in [0.25, 0.3) is 17.2 Å². The van der Waals surface area contributed by atoms with Crippen molar-refractivity contribution in [3.63, 3.8) is 0 Å². The first-order valence-electron chi connectivity index (χ1n) is 10.4. The fourth-order valence-corrected chi connectivity index (χ4v) is 3.82. The summed E-state index contributed by atoms with van der Waals surface area (Å²) in [5.41, 5.74) is 4.96. The van der Waals surface area contributed by atoms with Gasteiger partial charge in [0, 0.05) is 24.3 Å². The molecule has 0 saturated heterocycles. The van der Waals surface area contributed by atoms with E-state index in [2.05, 4.69) is 16.4 Å². The molecule has 6 heteroatoms. The van der Waals surface area contributed by atoms with Crippen LogP contribution in [-0.2, 0) is 16.0 Å². The number of amides is 1. The average molecular weight is 428 g/mol. The zero-order valence-corrected chi connectivity index (χ0v) is 18.0. The van der Waals surface area contributed by atoms with Crippen LogP contribution in [0.4, 0.5) is 0 Å². The van der Waals surface area contributed by atoms with Gasteiger partial charge in [-0.2, -0.15) is 0 Å². The molecule has 0 aliphatic carbocycles. The number of nitrogens with zero attached hydrogens (tertiary/aromatic N) is 1. The number of aromatic nitrogens is 1. The summed E-state index contributed by atoms with van der Waals surface area (Å²) in [6.07, 6.45) is 5.30. The number of aryl methyl sites for hydroxylation is 1. The predicted molar refractivity (Wildman–Crippen MR) is 122 cm³/mol. The monoisotopic (exact) mass is 428 g/mol. The maximum atomic E-state index is 12.3.